The summed E-state index contributed by atoms with van der Waals surface area (Å²) in [5, 5.41) is 3.76. The Bertz CT molecular complexity index is 1260. The lowest BCUT2D eigenvalue weighted by Crippen LogP contribution is -2.23. The third-order valence-electron chi connectivity index (χ3n) is 6.34. The molecule has 0 bridgehead atoms. The Hall–Kier alpha value is -3.80. The molecule has 1 fully saturated rings. The van der Waals surface area contributed by atoms with Crippen LogP contribution >= 0.6 is 0 Å². The van der Waals surface area contributed by atoms with E-state index in [0.717, 1.165) is 34.0 Å². The lowest BCUT2D eigenvalue weighted by Gasteiger charge is -2.24. The van der Waals surface area contributed by atoms with Gasteiger partial charge in [0, 0.05) is 17.8 Å². The lowest BCUT2D eigenvalue weighted by atomic mass is 9.95. The van der Waals surface area contributed by atoms with E-state index in [2.05, 4.69) is 9.72 Å². The molecule has 0 spiro atoms. The highest BCUT2D eigenvalue weighted by Gasteiger charge is 2.19. The van der Waals surface area contributed by atoms with Gasteiger partial charge in [0.15, 0.2) is 0 Å². The van der Waals surface area contributed by atoms with Crippen LogP contribution in [0.3, 0.4) is 0 Å². The summed E-state index contributed by atoms with van der Waals surface area (Å²) in [6.07, 6.45) is 8.46. The number of nitrogens with zero attached hydrogens (tertiary/aromatic N) is 2. The van der Waals surface area contributed by atoms with Gasteiger partial charge in [0.1, 0.15) is 28.7 Å². The summed E-state index contributed by atoms with van der Waals surface area (Å²) < 4.78 is 12.8. The van der Waals surface area contributed by atoms with Crippen molar-refractivity contribution < 1.29 is 14.3 Å². The van der Waals surface area contributed by atoms with Gasteiger partial charge in [0.05, 0.1) is 13.5 Å². The van der Waals surface area contributed by atoms with Gasteiger partial charge in [-0.2, -0.15) is 0 Å². The van der Waals surface area contributed by atoms with Crippen molar-refractivity contribution in [3.8, 4) is 22.8 Å². The molecule has 174 valence electrons. The fourth-order valence-corrected chi connectivity index (χ4v) is 4.53. The molecule has 0 aliphatic heterocycles. The molecule has 34 heavy (non-hydrogen) atoms. The fourth-order valence-electron chi connectivity index (χ4n) is 4.53. The van der Waals surface area contributed by atoms with Crippen molar-refractivity contribution in [1.29, 1.82) is 0 Å². The van der Waals surface area contributed by atoms with E-state index in [4.69, 9.17) is 14.5 Å². The summed E-state index contributed by atoms with van der Waals surface area (Å²) in [5.74, 6) is 2.00. The lowest BCUT2D eigenvalue weighted by molar-refractivity contribution is -0.133. The van der Waals surface area contributed by atoms with Gasteiger partial charge < -0.3 is 14.8 Å². The molecule has 1 aliphatic carbocycles. The van der Waals surface area contributed by atoms with Crippen LogP contribution in [0.5, 0.6) is 11.5 Å². The van der Waals surface area contributed by atoms with Crippen LogP contribution in [-0.2, 0) is 11.2 Å². The van der Waals surface area contributed by atoms with Crippen LogP contribution in [0.1, 0.15) is 37.7 Å². The van der Waals surface area contributed by atoms with Crippen LogP contribution in [0.2, 0.25) is 0 Å². The molecule has 0 amide bonds. The number of fused-ring (bicyclic) bond motifs is 1. The number of hydrogen-bond acceptors (Lipinski definition) is 5. The third-order valence-corrected chi connectivity index (χ3v) is 6.34. The molecule has 6 nitrogen and oxygen atoms in total. The van der Waals surface area contributed by atoms with E-state index in [1.807, 2.05) is 72.9 Å². The summed E-state index contributed by atoms with van der Waals surface area (Å²) in [4.78, 5) is 17.3. The Labute approximate surface area is 199 Å². The van der Waals surface area contributed by atoms with E-state index in [1.165, 1.54) is 32.1 Å². The fraction of sp³-hybridized carbons (Fsp3) is 0.286. The standard InChI is InChI=1S/C28H29N3O3/c1-33-23-14-10-20(11-15-23)19-26(32)34-24-16-12-21(13-17-24)27-28(29-22-7-3-2-4-8-22)31-18-6-5-9-25(31)30-27/h5-6,9-18,22,29H,2-4,7-8,19H2,1H3. The number of pyridine rings is 1. The molecule has 0 atom stereocenters. The number of ether oxygens (including phenoxy) is 2. The van der Waals surface area contributed by atoms with Gasteiger partial charge in [0.2, 0.25) is 0 Å². The van der Waals surface area contributed by atoms with Gasteiger partial charge in [-0.05, 0) is 66.9 Å². The SMILES string of the molecule is COc1ccc(CC(=O)Oc2ccc(-c3nc4ccccn4c3NC3CCCCC3)cc2)cc1. The first-order valence-electron chi connectivity index (χ1n) is 11.9. The zero-order chi connectivity index (χ0) is 23.3. The molecule has 5 rings (SSSR count). The Morgan fingerprint density at radius 2 is 1.71 bits per heavy atom. The molecule has 2 aromatic carbocycles. The third kappa shape index (κ3) is 4.91. The predicted molar refractivity (Wildman–Crippen MR) is 133 cm³/mol. The Kier molecular flexibility index (Phi) is 6.47. The van der Waals surface area contributed by atoms with Crippen molar-refractivity contribution in [2.24, 2.45) is 0 Å². The Morgan fingerprint density at radius 3 is 2.44 bits per heavy atom. The molecule has 1 N–H and O–H groups in total. The van der Waals surface area contributed by atoms with Gasteiger partial charge in [-0.1, -0.05) is 37.5 Å². The maximum Gasteiger partial charge on any atom is 0.315 e. The van der Waals surface area contributed by atoms with E-state index < -0.39 is 0 Å². The predicted octanol–water partition coefficient (Wildman–Crippen LogP) is 5.90. The molecule has 6 heteroatoms. The average molecular weight is 456 g/mol. The summed E-state index contributed by atoms with van der Waals surface area (Å²) in [6.45, 7) is 0. The molecule has 1 aliphatic rings. The highest BCUT2D eigenvalue weighted by atomic mass is 16.5. The van der Waals surface area contributed by atoms with E-state index >= 15 is 0 Å². The number of carbonyl (C=O) groups is 1. The van der Waals surface area contributed by atoms with Crippen molar-refractivity contribution in [2.45, 2.75) is 44.6 Å². The van der Waals surface area contributed by atoms with Crippen LogP contribution in [0.15, 0.2) is 72.9 Å². The molecule has 1 saturated carbocycles. The summed E-state index contributed by atoms with van der Waals surface area (Å²) in [6, 6.07) is 21.5. The van der Waals surface area contributed by atoms with E-state index in [-0.39, 0.29) is 12.4 Å². The number of anilines is 1. The molecule has 2 aromatic heterocycles. The number of rotatable bonds is 7. The second-order valence-electron chi connectivity index (χ2n) is 8.74. The quantitative estimate of drug-likeness (QED) is 0.278. The zero-order valence-electron chi connectivity index (χ0n) is 19.4. The topological polar surface area (TPSA) is 64.9 Å². The zero-order valence-corrected chi connectivity index (χ0v) is 19.4. The first kappa shape index (κ1) is 22.0. The maximum absolute atomic E-state index is 12.4. The molecule has 0 radical (unpaired) electrons. The largest absolute Gasteiger partial charge is 0.497 e. The number of esters is 1. The van der Waals surface area contributed by atoms with Crippen LogP contribution in [0, 0.1) is 0 Å². The normalized spacial score (nSPS) is 14.1. The number of hydrogen-bond donors (Lipinski definition) is 1. The number of carbonyl (C=O) groups excluding carboxylic acids is 1. The van der Waals surface area contributed by atoms with Gasteiger partial charge in [0.25, 0.3) is 0 Å². The van der Waals surface area contributed by atoms with Crippen LogP contribution in [0.25, 0.3) is 16.9 Å². The van der Waals surface area contributed by atoms with Gasteiger partial charge in [-0.15, -0.1) is 0 Å². The minimum absolute atomic E-state index is 0.202. The molecule has 2 heterocycles. The first-order valence-corrected chi connectivity index (χ1v) is 11.9. The van der Waals surface area contributed by atoms with Crippen molar-refractivity contribution >= 4 is 17.4 Å². The summed E-state index contributed by atoms with van der Waals surface area (Å²) in [5.41, 5.74) is 3.68. The van der Waals surface area contributed by atoms with Crippen LogP contribution in [-0.4, -0.2) is 28.5 Å². The maximum atomic E-state index is 12.4. The minimum Gasteiger partial charge on any atom is -0.497 e. The van der Waals surface area contributed by atoms with Crippen molar-refractivity contribution in [1.82, 2.24) is 9.38 Å². The number of benzene rings is 2. The Balaban J connectivity index is 1.33. The number of imidazole rings is 1. The van der Waals surface area contributed by atoms with Crippen molar-refractivity contribution in [3.63, 3.8) is 0 Å². The highest BCUT2D eigenvalue weighted by molar-refractivity contribution is 5.78. The van der Waals surface area contributed by atoms with Gasteiger partial charge in [-0.25, -0.2) is 4.98 Å². The summed E-state index contributed by atoms with van der Waals surface area (Å²) in [7, 11) is 1.62. The number of nitrogens with one attached hydrogen (secondary N) is 1. The first-order chi connectivity index (χ1) is 16.7. The monoisotopic (exact) mass is 455 g/mol. The Morgan fingerprint density at radius 1 is 0.971 bits per heavy atom. The number of methoxy groups -OCH3 is 1. The summed E-state index contributed by atoms with van der Waals surface area (Å²) >= 11 is 0. The molecule has 0 saturated heterocycles. The second kappa shape index (κ2) is 10.00. The molecule has 4 aromatic rings. The van der Waals surface area contributed by atoms with Crippen LogP contribution < -0.4 is 14.8 Å². The second-order valence-corrected chi connectivity index (χ2v) is 8.74. The highest BCUT2D eigenvalue weighted by Crippen LogP contribution is 2.32. The van der Waals surface area contributed by atoms with Crippen molar-refractivity contribution in [3.05, 3.63) is 78.5 Å². The van der Waals surface area contributed by atoms with Crippen molar-refractivity contribution in [2.75, 3.05) is 12.4 Å². The molecular weight excluding hydrogens is 426 g/mol. The number of aromatic nitrogens is 2. The molecular formula is C28H29N3O3. The van der Waals surface area contributed by atoms with Gasteiger partial charge in [-0.3, -0.25) is 9.20 Å². The van der Waals surface area contributed by atoms with Gasteiger partial charge >= 0.3 is 5.97 Å². The van der Waals surface area contributed by atoms with E-state index in [1.54, 1.807) is 7.11 Å². The van der Waals surface area contributed by atoms with E-state index in [9.17, 15) is 4.79 Å². The average Bonchev–Trinajstić information content (AvgIpc) is 3.24. The smallest absolute Gasteiger partial charge is 0.315 e. The van der Waals surface area contributed by atoms with Crippen LogP contribution in [0.4, 0.5) is 5.82 Å². The van der Waals surface area contributed by atoms with E-state index in [0.29, 0.717) is 11.8 Å². The molecule has 0 unspecified atom stereocenters. The minimum atomic E-state index is -0.301.